The van der Waals surface area contributed by atoms with E-state index >= 15 is 0 Å². The van der Waals surface area contributed by atoms with Crippen LogP contribution in [0.3, 0.4) is 0 Å². The molecule has 4 amide bonds. The number of nitrogens with zero attached hydrogens (tertiary/aromatic N) is 4. The Balaban J connectivity index is 1.16. The van der Waals surface area contributed by atoms with E-state index in [0.717, 1.165) is 68.6 Å². The van der Waals surface area contributed by atoms with Crippen molar-refractivity contribution in [3.63, 3.8) is 0 Å². The summed E-state index contributed by atoms with van der Waals surface area (Å²) >= 11 is 13.2. The minimum Gasteiger partial charge on any atom is -0.456 e. The molecule has 2 aliphatic rings. The van der Waals surface area contributed by atoms with E-state index in [1.807, 2.05) is 37.3 Å². The van der Waals surface area contributed by atoms with Crippen molar-refractivity contribution in [1.82, 2.24) is 19.7 Å². The van der Waals surface area contributed by atoms with Crippen molar-refractivity contribution in [1.29, 1.82) is 0 Å². The maximum atomic E-state index is 13.3. The van der Waals surface area contributed by atoms with Crippen LogP contribution < -0.4 is 20.7 Å². The highest BCUT2D eigenvalue weighted by atomic mass is 35.5. The fraction of sp³-hybridized carbons (Fsp3) is 0.353. The van der Waals surface area contributed by atoms with Crippen molar-refractivity contribution in [3.05, 3.63) is 82.1 Å². The summed E-state index contributed by atoms with van der Waals surface area (Å²) in [6, 6.07) is 15.8. The number of anilines is 3. The predicted molar refractivity (Wildman–Crippen MR) is 182 cm³/mol. The molecule has 0 unspecified atom stereocenters. The number of likely N-dealkylation sites (tertiary alicyclic amines) is 1. The molecule has 12 heteroatoms. The van der Waals surface area contributed by atoms with Gasteiger partial charge in [0.25, 0.3) is 0 Å². The molecule has 3 heterocycles. The second-order valence-electron chi connectivity index (χ2n) is 12.2. The van der Waals surface area contributed by atoms with Crippen LogP contribution in [0, 0.1) is 6.92 Å². The lowest BCUT2D eigenvalue weighted by Gasteiger charge is -2.31. The molecule has 0 bridgehead atoms. The zero-order chi connectivity index (χ0) is 32.3. The van der Waals surface area contributed by atoms with Crippen LogP contribution in [-0.4, -0.2) is 44.8 Å². The van der Waals surface area contributed by atoms with Crippen LogP contribution in [-0.2, 0) is 5.41 Å². The van der Waals surface area contributed by atoms with Gasteiger partial charge in [0.1, 0.15) is 28.2 Å². The minimum atomic E-state index is -0.493. The van der Waals surface area contributed by atoms with Gasteiger partial charge in [0, 0.05) is 36.8 Å². The van der Waals surface area contributed by atoms with E-state index < -0.39 is 6.03 Å². The summed E-state index contributed by atoms with van der Waals surface area (Å²) in [5.41, 5.74) is 3.20. The summed E-state index contributed by atoms with van der Waals surface area (Å²) in [7, 11) is 0. The van der Waals surface area contributed by atoms with E-state index in [1.54, 1.807) is 33.8 Å². The topological polar surface area (TPSA) is 113 Å². The fourth-order valence-corrected chi connectivity index (χ4v) is 6.40. The predicted octanol–water partition coefficient (Wildman–Crippen LogP) is 9.17. The molecule has 1 saturated carbocycles. The Kier molecular flexibility index (Phi) is 9.37. The largest absolute Gasteiger partial charge is 0.456 e. The van der Waals surface area contributed by atoms with Crippen molar-refractivity contribution in [3.8, 4) is 17.2 Å². The first-order chi connectivity index (χ1) is 22.2. The maximum Gasteiger partial charge on any atom is 0.324 e. The lowest BCUT2D eigenvalue weighted by Crippen LogP contribution is -2.32. The molecule has 3 N–H and O–H groups in total. The molecule has 2 aromatic carbocycles. The fourth-order valence-electron chi connectivity index (χ4n) is 5.99. The van der Waals surface area contributed by atoms with Crippen LogP contribution in [0.2, 0.25) is 10.0 Å². The van der Waals surface area contributed by atoms with Gasteiger partial charge >= 0.3 is 12.1 Å². The number of hydrogen-bond donors (Lipinski definition) is 3. The van der Waals surface area contributed by atoms with Gasteiger partial charge in [0.2, 0.25) is 0 Å². The second kappa shape index (κ2) is 13.6. The summed E-state index contributed by atoms with van der Waals surface area (Å²) in [5, 5.41) is 13.8. The zero-order valence-corrected chi connectivity index (χ0v) is 27.4. The minimum absolute atomic E-state index is 0.0528. The molecule has 0 radical (unpaired) electrons. The van der Waals surface area contributed by atoms with E-state index in [-0.39, 0.29) is 27.2 Å². The molecule has 2 fully saturated rings. The van der Waals surface area contributed by atoms with Crippen LogP contribution in [0.5, 0.6) is 11.5 Å². The number of nitrogens with one attached hydrogen (secondary N) is 3. The molecule has 1 aliphatic carbocycles. The summed E-state index contributed by atoms with van der Waals surface area (Å²) in [6.45, 7) is 5.74. The summed E-state index contributed by atoms with van der Waals surface area (Å²) in [6.07, 6.45) is 9.19. The monoisotopic (exact) mass is 661 g/mol. The third-order valence-electron chi connectivity index (χ3n) is 8.69. The number of aryl methyl sites for hydroxylation is 1. The summed E-state index contributed by atoms with van der Waals surface area (Å²) in [5.74, 6) is 1.60. The lowest BCUT2D eigenvalue weighted by atomic mass is 9.73. The van der Waals surface area contributed by atoms with Crippen molar-refractivity contribution in [2.24, 2.45) is 0 Å². The number of urea groups is 2. The van der Waals surface area contributed by atoms with E-state index in [0.29, 0.717) is 23.1 Å². The highest BCUT2D eigenvalue weighted by Crippen LogP contribution is 2.41. The Labute approximate surface area is 278 Å². The molecule has 2 aromatic heterocycles. The lowest BCUT2D eigenvalue weighted by molar-refractivity contribution is 0.222. The maximum absolute atomic E-state index is 13.3. The molecule has 0 spiro atoms. The molecule has 10 nitrogen and oxygen atoms in total. The highest BCUT2D eigenvalue weighted by molar-refractivity contribution is 6.45. The number of carbonyl (C=O) groups is 2. The van der Waals surface area contributed by atoms with Crippen LogP contribution in [0.15, 0.2) is 60.8 Å². The van der Waals surface area contributed by atoms with Crippen molar-refractivity contribution in [2.45, 2.75) is 64.2 Å². The number of rotatable bonds is 7. The molecule has 240 valence electrons. The van der Waals surface area contributed by atoms with Gasteiger partial charge in [-0.25, -0.2) is 19.3 Å². The molecule has 46 heavy (non-hydrogen) atoms. The molecule has 1 aliphatic heterocycles. The number of hydrogen-bond acceptors (Lipinski definition) is 5. The van der Waals surface area contributed by atoms with Crippen LogP contribution >= 0.6 is 23.2 Å². The van der Waals surface area contributed by atoms with E-state index in [4.69, 9.17) is 33.0 Å². The van der Waals surface area contributed by atoms with Crippen LogP contribution in [0.4, 0.5) is 26.9 Å². The van der Waals surface area contributed by atoms with Crippen molar-refractivity contribution >= 4 is 52.6 Å². The van der Waals surface area contributed by atoms with Gasteiger partial charge in [0.05, 0.1) is 22.1 Å². The van der Waals surface area contributed by atoms with Gasteiger partial charge in [0.15, 0.2) is 0 Å². The van der Waals surface area contributed by atoms with Gasteiger partial charge in [-0.3, -0.25) is 10.6 Å². The summed E-state index contributed by atoms with van der Waals surface area (Å²) in [4.78, 5) is 31.7. The smallest absolute Gasteiger partial charge is 0.324 e. The normalized spacial score (nSPS) is 15.8. The standard InChI is InChI=1S/C34H37Cl2N7O3/c1-22-8-10-23(11-9-22)43-29(21-27(41-43)34(2)15-4-3-5-16-34)40-32(44)38-25-12-13-26(31(36)30(25)35)46-24-14-17-37-28(20-24)39-33(45)42-18-6-7-19-42/h8-14,17,20-21H,3-7,15-16,18-19H2,1-2H3,(H,37,39,45)(H2,38,40,44). The zero-order valence-electron chi connectivity index (χ0n) is 25.9. The first-order valence-electron chi connectivity index (χ1n) is 15.6. The number of pyridine rings is 1. The third kappa shape index (κ3) is 7.08. The third-order valence-corrected chi connectivity index (χ3v) is 9.55. The molecule has 0 atom stereocenters. The van der Waals surface area contributed by atoms with Gasteiger partial charge in [-0.15, -0.1) is 0 Å². The Hall–Kier alpha value is -4.28. The molecular weight excluding hydrogens is 625 g/mol. The average Bonchev–Trinajstić information content (AvgIpc) is 3.74. The van der Waals surface area contributed by atoms with Gasteiger partial charge in [-0.2, -0.15) is 5.10 Å². The van der Waals surface area contributed by atoms with E-state index in [2.05, 4.69) is 27.9 Å². The number of amides is 4. The molecular formula is C34H37Cl2N7O3. The van der Waals surface area contributed by atoms with Gasteiger partial charge in [-0.1, -0.05) is 67.1 Å². The number of benzene rings is 2. The quantitative estimate of drug-likeness (QED) is 0.183. The molecule has 4 aromatic rings. The number of aromatic nitrogens is 3. The van der Waals surface area contributed by atoms with Crippen LogP contribution in [0.1, 0.15) is 63.1 Å². The summed E-state index contributed by atoms with van der Waals surface area (Å²) < 4.78 is 7.75. The van der Waals surface area contributed by atoms with Crippen LogP contribution in [0.25, 0.3) is 5.69 Å². The Morgan fingerprint density at radius 3 is 2.35 bits per heavy atom. The number of ether oxygens (including phenoxy) is 1. The van der Waals surface area contributed by atoms with Crippen molar-refractivity contribution < 1.29 is 14.3 Å². The average molecular weight is 663 g/mol. The van der Waals surface area contributed by atoms with E-state index in [9.17, 15) is 9.59 Å². The van der Waals surface area contributed by atoms with E-state index in [1.165, 1.54) is 12.6 Å². The highest BCUT2D eigenvalue weighted by Gasteiger charge is 2.32. The molecule has 1 saturated heterocycles. The number of halogens is 2. The van der Waals surface area contributed by atoms with Gasteiger partial charge in [-0.05, 0) is 62.9 Å². The Bertz CT molecular complexity index is 1730. The van der Waals surface area contributed by atoms with Gasteiger partial charge < -0.3 is 15.0 Å². The SMILES string of the molecule is Cc1ccc(-n2nc(C3(C)CCCCC3)cc2NC(=O)Nc2ccc(Oc3ccnc(NC(=O)N4CCCC4)c3)c(Cl)c2Cl)cc1. The second-order valence-corrected chi connectivity index (χ2v) is 13.0. The Morgan fingerprint density at radius 2 is 1.61 bits per heavy atom. The first-order valence-corrected chi connectivity index (χ1v) is 16.4. The Morgan fingerprint density at radius 1 is 0.870 bits per heavy atom. The molecule has 6 rings (SSSR count). The van der Waals surface area contributed by atoms with Crippen molar-refractivity contribution in [2.75, 3.05) is 29.0 Å². The number of carbonyl (C=O) groups excluding carboxylic acids is 2. The first kappa shape index (κ1) is 31.7.